The molecule has 7 rings (SSSR count). The van der Waals surface area contributed by atoms with Crippen molar-refractivity contribution < 1.29 is 0 Å². The molecule has 2 heteroatoms. The summed E-state index contributed by atoms with van der Waals surface area (Å²) >= 11 is 0. The fraction of sp³-hybridized carbons (Fsp3) is 0.0270. The van der Waals surface area contributed by atoms with Crippen molar-refractivity contribution in [1.29, 1.82) is 5.26 Å². The van der Waals surface area contributed by atoms with Gasteiger partial charge < -0.3 is 0 Å². The average molecular weight is 497 g/mol. The first-order valence-electron chi connectivity index (χ1n) is 13.1. The Morgan fingerprint density at radius 1 is 0.487 bits per heavy atom. The summed E-state index contributed by atoms with van der Waals surface area (Å²) in [6.07, 6.45) is 3.39. The first-order chi connectivity index (χ1) is 19.3. The first kappa shape index (κ1) is 22.9. The molecule has 0 N–H and O–H groups in total. The van der Waals surface area contributed by atoms with Crippen molar-refractivity contribution >= 4 is 0 Å². The van der Waals surface area contributed by atoms with E-state index in [0.29, 0.717) is 5.56 Å². The van der Waals surface area contributed by atoms with Crippen LogP contribution < -0.4 is 0 Å². The molecule has 0 spiro atoms. The molecule has 2 nitrogen and oxygen atoms in total. The van der Waals surface area contributed by atoms with Crippen LogP contribution in [0, 0.1) is 11.3 Å². The van der Waals surface area contributed by atoms with E-state index in [-0.39, 0.29) is 0 Å². The molecule has 0 aliphatic heterocycles. The van der Waals surface area contributed by atoms with Gasteiger partial charge in [0.05, 0.1) is 11.0 Å². The highest BCUT2D eigenvalue weighted by Crippen LogP contribution is 2.56. The van der Waals surface area contributed by atoms with Crippen molar-refractivity contribution in [2.24, 2.45) is 0 Å². The van der Waals surface area contributed by atoms with Gasteiger partial charge in [-0.3, -0.25) is 4.98 Å². The third-order valence-corrected chi connectivity index (χ3v) is 7.88. The van der Waals surface area contributed by atoms with Crippen molar-refractivity contribution in [3.63, 3.8) is 0 Å². The Bertz CT molecular complexity index is 1810. The van der Waals surface area contributed by atoms with E-state index in [2.05, 4.69) is 138 Å². The zero-order valence-corrected chi connectivity index (χ0v) is 21.3. The molecule has 6 aromatic rings. The van der Waals surface area contributed by atoms with Gasteiger partial charge >= 0.3 is 0 Å². The van der Waals surface area contributed by atoms with Gasteiger partial charge in [0.2, 0.25) is 0 Å². The maximum absolute atomic E-state index is 9.26. The second-order valence-electron chi connectivity index (χ2n) is 9.94. The number of hydrogen-bond donors (Lipinski definition) is 0. The predicted octanol–water partition coefficient (Wildman–Crippen LogP) is 8.65. The van der Waals surface area contributed by atoms with Crippen LogP contribution in [0.15, 0.2) is 146 Å². The van der Waals surface area contributed by atoms with Crippen molar-refractivity contribution in [3.05, 3.63) is 174 Å². The lowest BCUT2D eigenvalue weighted by Crippen LogP contribution is -2.28. The molecule has 1 heterocycles. The predicted molar refractivity (Wildman–Crippen MR) is 157 cm³/mol. The molecular formula is C37H24N2. The Labute approximate surface area is 228 Å². The van der Waals surface area contributed by atoms with Gasteiger partial charge in [0.25, 0.3) is 0 Å². The number of nitriles is 1. The number of nitrogens with zero attached hydrogens (tertiary/aromatic N) is 2. The molecule has 1 aliphatic carbocycles. The minimum absolute atomic E-state index is 0.409. The van der Waals surface area contributed by atoms with Crippen molar-refractivity contribution in [1.82, 2.24) is 4.98 Å². The molecule has 0 saturated heterocycles. The van der Waals surface area contributed by atoms with E-state index in [4.69, 9.17) is 0 Å². The molecule has 0 radical (unpaired) electrons. The lowest BCUT2D eigenvalue weighted by atomic mass is 9.67. The zero-order chi connectivity index (χ0) is 26.2. The quantitative estimate of drug-likeness (QED) is 0.244. The normalized spacial score (nSPS) is 12.8. The van der Waals surface area contributed by atoms with Gasteiger partial charge in [-0.15, -0.1) is 0 Å². The van der Waals surface area contributed by atoms with Crippen LogP contribution in [0.2, 0.25) is 0 Å². The Morgan fingerprint density at radius 2 is 1.05 bits per heavy atom. The highest BCUT2D eigenvalue weighted by atomic mass is 14.6. The number of fused-ring (bicyclic) bond motifs is 3. The van der Waals surface area contributed by atoms with Gasteiger partial charge in [-0.1, -0.05) is 121 Å². The standard InChI is InChI=1S/C37H24N2/c38-23-26-21-30(25-39-24-26)28-17-15-27(16-18-28)29-19-20-34-33-13-7-8-14-35(33)37(36(34)22-29,31-9-3-1-4-10-31)32-11-5-2-6-12-32/h1-22,24-25H. The minimum atomic E-state index is -0.409. The summed E-state index contributed by atoms with van der Waals surface area (Å²) < 4.78 is 0. The number of benzene rings is 5. The van der Waals surface area contributed by atoms with Crippen LogP contribution in [-0.4, -0.2) is 4.98 Å². The Hall–Kier alpha value is -5.26. The number of rotatable bonds is 4. The van der Waals surface area contributed by atoms with Crippen LogP contribution in [0.4, 0.5) is 0 Å². The Morgan fingerprint density at radius 3 is 1.72 bits per heavy atom. The van der Waals surface area contributed by atoms with E-state index in [0.717, 1.165) is 16.7 Å². The van der Waals surface area contributed by atoms with Crippen molar-refractivity contribution in [3.8, 4) is 39.4 Å². The van der Waals surface area contributed by atoms with Crippen LogP contribution >= 0.6 is 0 Å². The van der Waals surface area contributed by atoms with E-state index in [1.165, 1.54) is 38.9 Å². The van der Waals surface area contributed by atoms with Crippen LogP contribution in [0.5, 0.6) is 0 Å². The Balaban J connectivity index is 1.42. The lowest BCUT2D eigenvalue weighted by Gasteiger charge is -2.34. The fourth-order valence-electron chi connectivity index (χ4n) is 6.14. The maximum Gasteiger partial charge on any atom is 0.101 e. The van der Waals surface area contributed by atoms with Crippen LogP contribution in [0.25, 0.3) is 33.4 Å². The topological polar surface area (TPSA) is 36.7 Å². The van der Waals surface area contributed by atoms with Gasteiger partial charge in [-0.25, -0.2) is 0 Å². The summed E-state index contributed by atoms with van der Waals surface area (Å²) in [6, 6.07) is 50.0. The third-order valence-electron chi connectivity index (χ3n) is 7.88. The molecule has 0 saturated carbocycles. The molecule has 0 fully saturated rings. The monoisotopic (exact) mass is 496 g/mol. The SMILES string of the molecule is N#Cc1cncc(-c2ccc(-c3ccc4c(c3)C(c3ccccc3)(c3ccccc3)c3ccccc3-4)cc2)c1. The lowest BCUT2D eigenvalue weighted by molar-refractivity contribution is 0.769. The van der Waals surface area contributed by atoms with Crippen LogP contribution in [0.1, 0.15) is 27.8 Å². The summed E-state index contributed by atoms with van der Waals surface area (Å²) in [5.74, 6) is 0. The molecule has 5 aromatic carbocycles. The summed E-state index contributed by atoms with van der Waals surface area (Å²) in [5.41, 5.74) is 12.2. The highest BCUT2D eigenvalue weighted by Gasteiger charge is 2.45. The summed E-state index contributed by atoms with van der Waals surface area (Å²) in [4.78, 5) is 4.22. The van der Waals surface area contributed by atoms with Crippen LogP contribution in [0.3, 0.4) is 0 Å². The molecule has 0 atom stereocenters. The zero-order valence-electron chi connectivity index (χ0n) is 21.3. The molecule has 0 unspecified atom stereocenters. The second-order valence-corrected chi connectivity index (χ2v) is 9.94. The minimum Gasteiger partial charge on any atom is -0.263 e. The molecule has 182 valence electrons. The van der Waals surface area contributed by atoms with Gasteiger partial charge in [-0.2, -0.15) is 5.26 Å². The van der Waals surface area contributed by atoms with E-state index in [1.54, 1.807) is 12.4 Å². The summed E-state index contributed by atoms with van der Waals surface area (Å²) in [6.45, 7) is 0. The third kappa shape index (κ3) is 3.60. The molecule has 39 heavy (non-hydrogen) atoms. The average Bonchev–Trinajstić information content (AvgIpc) is 3.32. The van der Waals surface area contributed by atoms with E-state index in [9.17, 15) is 5.26 Å². The fourth-order valence-corrected chi connectivity index (χ4v) is 6.14. The molecule has 1 aromatic heterocycles. The summed E-state index contributed by atoms with van der Waals surface area (Å²) in [5, 5.41) is 9.26. The number of aromatic nitrogens is 1. The van der Waals surface area contributed by atoms with Crippen molar-refractivity contribution in [2.75, 3.05) is 0 Å². The molecular weight excluding hydrogens is 472 g/mol. The largest absolute Gasteiger partial charge is 0.263 e. The summed E-state index contributed by atoms with van der Waals surface area (Å²) in [7, 11) is 0. The first-order valence-corrected chi connectivity index (χ1v) is 13.1. The molecule has 1 aliphatic rings. The second kappa shape index (κ2) is 9.24. The van der Waals surface area contributed by atoms with Gasteiger partial charge in [-0.05, 0) is 62.2 Å². The van der Waals surface area contributed by atoms with E-state index >= 15 is 0 Å². The molecule has 0 bridgehead atoms. The maximum atomic E-state index is 9.26. The highest BCUT2D eigenvalue weighted by molar-refractivity contribution is 5.88. The van der Waals surface area contributed by atoms with Gasteiger partial charge in [0.15, 0.2) is 0 Å². The Kier molecular flexibility index (Phi) is 5.43. The number of hydrogen-bond acceptors (Lipinski definition) is 2. The van der Waals surface area contributed by atoms with Crippen molar-refractivity contribution in [2.45, 2.75) is 5.41 Å². The van der Waals surface area contributed by atoms with Crippen LogP contribution in [-0.2, 0) is 5.41 Å². The van der Waals surface area contributed by atoms with E-state index in [1.807, 2.05) is 6.07 Å². The van der Waals surface area contributed by atoms with Gasteiger partial charge in [0, 0.05) is 18.0 Å². The smallest absolute Gasteiger partial charge is 0.101 e. The number of pyridine rings is 1. The van der Waals surface area contributed by atoms with E-state index < -0.39 is 5.41 Å². The van der Waals surface area contributed by atoms with Gasteiger partial charge in [0.1, 0.15) is 6.07 Å². The molecule has 0 amide bonds.